The average Bonchev–Trinajstić information content (AvgIpc) is 1.88. The largest absolute Gasteiger partial charge is 0.324 e. The van der Waals surface area contributed by atoms with Gasteiger partial charge in [0.05, 0.1) is 0 Å². The van der Waals surface area contributed by atoms with Gasteiger partial charge in [-0.1, -0.05) is 17.7 Å². The van der Waals surface area contributed by atoms with E-state index in [0.717, 1.165) is 0 Å². The number of nitrogens with zero attached hydrogens (tertiary/aromatic N) is 1. The molecule has 0 fully saturated rings. The molecular formula is C6H4ClNO2. The Hall–Kier alpha value is -1.09. The normalized spacial score (nSPS) is 8.90. The summed E-state index contributed by atoms with van der Waals surface area (Å²) in [6, 6.07) is 6.44. The van der Waals surface area contributed by atoms with E-state index in [0.29, 0.717) is 10.8 Å². The van der Waals surface area contributed by atoms with Crippen molar-refractivity contribution in [2.75, 3.05) is 0 Å². The molecule has 0 spiro atoms. The van der Waals surface area contributed by atoms with Crippen molar-refractivity contribution in [3.8, 4) is 5.75 Å². The fraction of sp³-hybridized carbons (Fsp3) is 0. The van der Waals surface area contributed by atoms with E-state index in [1.807, 2.05) is 0 Å². The fourth-order valence-corrected chi connectivity index (χ4v) is 0.747. The summed E-state index contributed by atoms with van der Waals surface area (Å²) in [6.07, 6.45) is 0. The van der Waals surface area contributed by atoms with Crippen molar-refractivity contribution in [1.82, 2.24) is 0 Å². The van der Waals surface area contributed by atoms with Crippen LogP contribution in [0, 0.1) is 4.91 Å². The van der Waals surface area contributed by atoms with Gasteiger partial charge in [-0.05, 0) is 12.1 Å². The molecule has 0 aliphatic carbocycles. The second kappa shape index (κ2) is 3.17. The summed E-state index contributed by atoms with van der Waals surface area (Å²) in [4.78, 5) is 13.8. The molecule has 0 unspecified atom stereocenters. The van der Waals surface area contributed by atoms with Gasteiger partial charge in [-0.2, -0.15) is 0 Å². The first-order valence-electron chi connectivity index (χ1n) is 2.58. The molecule has 0 N–H and O–H groups in total. The van der Waals surface area contributed by atoms with Crippen molar-refractivity contribution in [2.24, 2.45) is 5.34 Å². The summed E-state index contributed by atoms with van der Waals surface area (Å²) in [5.41, 5.74) is 0. The Labute approximate surface area is 62.5 Å². The fourth-order valence-electron chi connectivity index (χ4n) is 0.567. The lowest BCUT2D eigenvalue weighted by Crippen LogP contribution is -1.78. The van der Waals surface area contributed by atoms with Crippen LogP contribution >= 0.6 is 11.6 Å². The number of hydrogen-bond donors (Lipinski definition) is 0. The third-order valence-electron chi connectivity index (χ3n) is 0.939. The van der Waals surface area contributed by atoms with E-state index < -0.39 is 0 Å². The van der Waals surface area contributed by atoms with Crippen LogP contribution in [0.3, 0.4) is 0 Å². The SMILES string of the molecule is O=NOc1cccc(Cl)c1. The first-order chi connectivity index (χ1) is 4.83. The molecule has 10 heavy (non-hydrogen) atoms. The van der Waals surface area contributed by atoms with Crippen molar-refractivity contribution < 1.29 is 4.84 Å². The van der Waals surface area contributed by atoms with Gasteiger partial charge in [0.2, 0.25) is 0 Å². The van der Waals surface area contributed by atoms with Gasteiger partial charge < -0.3 is 4.84 Å². The maximum atomic E-state index is 9.57. The summed E-state index contributed by atoms with van der Waals surface area (Å²) in [6.45, 7) is 0. The number of hydrogen-bond acceptors (Lipinski definition) is 3. The highest BCUT2D eigenvalue weighted by molar-refractivity contribution is 6.30. The Kier molecular flexibility index (Phi) is 2.23. The van der Waals surface area contributed by atoms with Crippen LogP contribution in [0.2, 0.25) is 5.02 Å². The summed E-state index contributed by atoms with van der Waals surface area (Å²) in [5, 5.41) is 2.75. The molecule has 0 heterocycles. The monoisotopic (exact) mass is 157 g/mol. The molecule has 1 aromatic carbocycles. The van der Waals surface area contributed by atoms with Crippen LogP contribution in [0.25, 0.3) is 0 Å². The van der Waals surface area contributed by atoms with Gasteiger partial charge in [-0.3, -0.25) is 0 Å². The number of halogens is 1. The molecule has 0 saturated carbocycles. The van der Waals surface area contributed by atoms with Gasteiger partial charge in [-0.25, -0.2) is 0 Å². The van der Waals surface area contributed by atoms with Crippen LogP contribution in [0.15, 0.2) is 29.6 Å². The van der Waals surface area contributed by atoms with Crippen molar-refractivity contribution in [3.05, 3.63) is 34.2 Å². The van der Waals surface area contributed by atoms with Crippen LogP contribution < -0.4 is 4.84 Å². The Bertz CT molecular complexity index is 239. The quantitative estimate of drug-likeness (QED) is 0.489. The van der Waals surface area contributed by atoms with Crippen LogP contribution in [-0.4, -0.2) is 0 Å². The van der Waals surface area contributed by atoms with E-state index >= 15 is 0 Å². The molecule has 0 saturated heterocycles. The van der Waals surface area contributed by atoms with Crippen molar-refractivity contribution in [3.63, 3.8) is 0 Å². The van der Waals surface area contributed by atoms with E-state index in [9.17, 15) is 4.91 Å². The van der Waals surface area contributed by atoms with Gasteiger partial charge in [0, 0.05) is 11.1 Å². The van der Waals surface area contributed by atoms with Crippen LogP contribution in [0.4, 0.5) is 0 Å². The molecule has 4 heteroatoms. The molecule has 0 radical (unpaired) electrons. The first kappa shape index (κ1) is 7.02. The lowest BCUT2D eigenvalue weighted by Gasteiger charge is -1.92. The first-order valence-corrected chi connectivity index (χ1v) is 2.96. The molecule has 1 aromatic rings. The summed E-state index contributed by atoms with van der Waals surface area (Å²) >= 11 is 5.56. The Balaban J connectivity index is 2.84. The van der Waals surface area contributed by atoms with E-state index in [4.69, 9.17) is 11.6 Å². The molecule has 0 atom stereocenters. The van der Waals surface area contributed by atoms with Crippen molar-refractivity contribution in [1.29, 1.82) is 0 Å². The molecular weight excluding hydrogens is 154 g/mol. The number of rotatable bonds is 2. The van der Waals surface area contributed by atoms with Gasteiger partial charge in [-0.15, -0.1) is 4.91 Å². The highest BCUT2D eigenvalue weighted by Gasteiger charge is 1.92. The predicted molar refractivity (Wildman–Crippen MR) is 37.9 cm³/mol. The molecule has 0 amide bonds. The topological polar surface area (TPSA) is 38.7 Å². The second-order valence-electron chi connectivity index (χ2n) is 1.62. The highest BCUT2D eigenvalue weighted by atomic mass is 35.5. The van der Waals surface area contributed by atoms with Crippen molar-refractivity contribution in [2.45, 2.75) is 0 Å². The predicted octanol–water partition coefficient (Wildman–Crippen LogP) is 2.40. The van der Waals surface area contributed by atoms with Gasteiger partial charge in [0.25, 0.3) is 0 Å². The number of benzene rings is 1. The van der Waals surface area contributed by atoms with Crippen LogP contribution in [0.5, 0.6) is 5.75 Å². The molecule has 3 nitrogen and oxygen atoms in total. The molecule has 0 aliphatic rings. The average molecular weight is 158 g/mol. The van der Waals surface area contributed by atoms with Crippen LogP contribution in [0.1, 0.15) is 0 Å². The van der Waals surface area contributed by atoms with E-state index in [-0.39, 0.29) is 0 Å². The third kappa shape index (κ3) is 1.70. The van der Waals surface area contributed by atoms with Gasteiger partial charge in [0.15, 0.2) is 11.1 Å². The van der Waals surface area contributed by atoms with E-state index in [2.05, 4.69) is 10.2 Å². The second-order valence-corrected chi connectivity index (χ2v) is 2.06. The standard InChI is InChI=1S/C6H4ClNO2/c7-5-2-1-3-6(4-5)10-8-9/h1-4H. The molecule has 0 bridgehead atoms. The lowest BCUT2D eigenvalue weighted by molar-refractivity contribution is 0.335. The maximum Gasteiger partial charge on any atom is 0.162 e. The van der Waals surface area contributed by atoms with Gasteiger partial charge in [0.1, 0.15) is 0 Å². The highest BCUT2D eigenvalue weighted by Crippen LogP contribution is 2.16. The molecule has 1 rings (SSSR count). The van der Waals surface area contributed by atoms with E-state index in [1.165, 1.54) is 6.07 Å². The Morgan fingerprint density at radius 1 is 1.50 bits per heavy atom. The zero-order chi connectivity index (χ0) is 7.40. The Morgan fingerprint density at radius 2 is 2.30 bits per heavy atom. The molecule has 0 aromatic heterocycles. The maximum absolute atomic E-state index is 9.57. The van der Waals surface area contributed by atoms with Crippen LogP contribution in [-0.2, 0) is 0 Å². The third-order valence-corrected chi connectivity index (χ3v) is 1.17. The summed E-state index contributed by atoms with van der Waals surface area (Å²) in [5.74, 6) is 0.350. The van der Waals surface area contributed by atoms with Crippen molar-refractivity contribution >= 4 is 11.6 Å². The molecule has 52 valence electrons. The zero-order valence-corrected chi connectivity index (χ0v) is 5.71. The summed E-state index contributed by atoms with van der Waals surface area (Å²) < 4.78 is 0. The molecule has 0 aliphatic heterocycles. The smallest absolute Gasteiger partial charge is 0.162 e. The zero-order valence-electron chi connectivity index (χ0n) is 4.95. The Morgan fingerprint density at radius 3 is 2.90 bits per heavy atom. The lowest BCUT2D eigenvalue weighted by atomic mass is 10.3. The minimum Gasteiger partial charge on any atom is -0.324 e. The van der Waals surface area contributed by atoms with E-state index in [1.54, 1.807) is 18.2 Å². The minimum atomic E-state index is 0.350. The summed E-state index contributed by atoms with van der Waals surface area (Å²) in [7, 11) is 0. The minimum absolute atomic E-state index is 0.350. The van der Waals surface area contributed by atoms with Gasteiger partial charge >= 0.3 is 0 Å².